The number of sulfonamides is 1. The molecule has 4 heterocycles. The fraction of sp³-hybridized carbons (Fsp3) is 0.511. The van der Waals surface area contributed by atoms with Crippen molar-refractivity contribution in [2.24, 2.45) is 16.2 Å². The number of carbonyl (C=O) groups excluding carboxylic acids is 1. The number of aromatic amines is 1. The van der Waals surface area contributed by atoms with Gasteiger partial charge in [0, 0.05) is 85.5 Å². The molecule has 14 nitrogen and oxygen atoms in total. The number of pyridine rings is 1. The first-order valence-electron chi connectivity index (χ1n) is 21.3. The van der Waals surface area contributed by atoms with E-state index in [-0.39, 0.29) is 33.3 Å². The number of anilines is 2. The topological polar surface area (TPSA) is 163 Å². The van der Waals surface area contributed by atoms with E-state index in [4.69, 9.17) is 21.1 Å². The van der Waals surface area contributed by atoms with Gasteiger partial charge in [0.2, 0.25) is 0 Å². The maximum Gasteiger partial charge on any atom is 0.293 e. The Bertz CT molecular complexity index is 2570. The molecule has 7 aliphatic rings. The molecule has 4 aromatic rings. The van der Waals surface area contributed by atoms with Crippen molar-refractivity contribution in [3.05, 3.63) is 87.7 Å². The number of piperazine rings is 1. The van der Waals surface area contributed by atoms with Crippen LogP contribution in [-0.4, -0.2) is 98.0 Å². The number of amides is 1. The zero-order valence-corrected chi connectivity index (χ0v) is 36.4. The summed E-state index contributed by atoms with van der Waals surface area (Å²) in [7, 11) is -2.77. The lowest BCUT2D eigenvalue weighted by Crippen LogP contribution is -2.65. The third kappa shape index (κ3) is 7.34. The molecule has 2 saturated heterocycles. The van der Waals surface area contributed by atoms with Crippen LogP contribution in [0.1, 0.15) is 75.6 Å². The highest BCUT2D eigenvalue weighted by Gasteiger charge is 2.69. The van der Waals surface area contributed by atoms with Crippen molar-refractivity contribution in [2.45, 2.75) is 81.0 Å². The number of halogens is 1. The molecule has 16 heteroatoms. The number of H-pyrrole nitrogens is 1. The molecule has 322 valence electrons. The molecule has 0 radical (unpaired) electrons. The summed E-state index contributed by atoms with van der Waals surface area (Å²) in [5.41, 5.74) is 5.53. The number of alkyl halides is 1. The molecule has 0 atom stereocenters. The zero-order valence-electron chi connectivity index (χ0n) is 34.8. The number of hydrogen-bond donors (Lipinski definition) is 2. The van der Waals surface area contributed by atoms with Gasteiger partial charge in [-0.2, -0.15) is 0 Å². The summed E-state index contributed by atoms with van der Waals surface area (Å²) in [6.45, 7) is 10.4. The van der Waals surface area contributed by atoms with Crippen molar-refractivity contribution in [1.29, 1.82) is 0 Å². The summed E-state index contributed by atoms with van der Waals surface area (Å²) >= 11 is 6.75. The molecule has 1 amide bonds. The Balaban J connectivity index is 0.869. The summed E-state index contributed by atoms with van der Waals surface area (Å²) in [4.78, 5) is 39.4. The van der Waals surface area contributed by atoms with E-state index < -0.39 is 25.7 Å². The van der Waals surface area contributed by atoms with Crippen molar-refractivity contribution in [3.8, 4) is 11.5 Å². The molecule has 2 N–H and O–H groups in total. The van der Waals surface area contributed by atoms with Crippen molar-refractivity contribution in [2.75, 3.05) is 62.8 Å². The molecule has 2 aliphatic heterocycles. The number of hydrogen-bond acceptors (Lipinski definition) is 11. The number of rotatable bonds is 12. The van der Waals surface area contributed by atoms with Crippen LogP contribution in [-0.2, 0) is 14.8 Å². The summed E-state index contributed by atoms with van der Waals surface area (Å²) in [6.07, 6.45) is 11.9. The molecule has 0 unspecified atom stereocenters. The first-order valence-corrected chi connectivity index (χ1v) is 23.2. The van der Waals surface area contributed by atoms with Gasteiger partial charge in [-0.1, -0.05) is 25.0 Å². The van der Waals surface area contributed by atoms with E-state index in [2.05, 4.69) is 38.3 Å². The van der Waals surface area contributed by atoms with Crippen molar-refractivity contribution in [1.82, 2.24) is 19.6 Å². The number of fused-ring (bicyclic) bond motifs is 1. The zero-order chi connectivity index (χ0) is 42.5. The highest BCUT2D eigenvalue weighted by Crippen LogP contribution is 2.75. The largest absolute Gasteiger partial charge is 0.455 e. The van der Waals surface area contributed by atoms with Crippen molar-refractivity contribution < 1.29 is 27.6 Å². The number of aromatic nitrogens is 2. The Labute approximate surface area is 360 Å². The average Bonchev–Trinajstić information content (AvgIpc) is 3.64. The van der Waals surface area contributed by atoms with Crippen LogP contribution in [0.2, 0.25) is 0 Å². The van der Waals surface area contributed by atoms with Crippen LogP contribution in [0.25, 0.3) is 11.0 Å². The van der Waals surface area contributed by atoms with Crippen molar-refractivity contribution >= 4 is 55.6 Å². The molecule has 5 aliphatic carbocycles. The van der Waals surface area contributed by atoms with E-state index in [0.717, 1.165) is 94.8 Å². The van der Waals surface area contributed by atoms with Gasteiger partial charge in [-0.25, -0.2) is 18.1 Å². The molecule has 1 spiro atoms. The van der Waals surface area contributed by atoms with E-state index in [9.17, 15) is 23.3 Å². The Morgan fingerprint density at radius 2 is 1.84 bits per heavy atom. The molecule has 2 aromatic heterocycles. The highest BCUT2D eigenvalue weighted by molar-refractivity contribution is 7.90. The van der Waals surface area contributed by atoms with Crippen LogP contribution in [0, 0.1) is 26.4 Å². The van der Waals surface area contributed by atoms with Gasteiger partial charge in [-0.15, -0.1) is 11.6 Å². The Morgan fingerprint density at radius 1 is 1.08 bits per heavy atom. The lowest BCUT2D eigenvalue weighted by molar-refractivity contribution is -0.384. The number of benzene rings is 2. The maximum atomic E-state index is 14.0. The number of ether oxygens (including phenoxy) is 2. The summed E-state index contributed by atoms with van der Waals surface area (Å²) in [6, 6.07) is 12.6. The minimum absolute atomic E-state index is 0.0168. The van der Waals surface area contributed by atoms with Gasteiger partial charge in [0.25, 0.3) is 21.6 Å². The van der Waals surface area contributed by atoms with Crippen LogP contribution in [0.3, 0.4) is 0 Å². The highest BCUT2D eigenvalue weighted by atomic mass is 35.5. The van der Waals surface area contributed by atoms with Gasteiger partial charge in [0.05, 0.1) is 34.8 Å². The van der Waals surface area contributed by atoms with Crippen molar-refractivity contribution in [3.63, 3.8) is 0 Å². The third-order valence-electron chi connectivity index (χ3n) is 14.5. The van der Waals surface area contributed by atoms with Gasteiger partial charge in [0.1, 0.15) is 22.8 Å². The van der Waals surface area contributed by atoms with Crippen LogP contribution >= 0.6 is 11.6 Å². The van der Waals surface area contributed by atoms with E-state index >= 15 is 0 Å². The van der Waals surface area contributed by atoms with E-state index in [1.54, 1.807) is 48.8 Å². The average molecular weight is 870 g/mol. The summed E-state index contributed by atoms with van der Waals surface area (Å²) < 4.78 is 41.4. The quantitative estimate of drug-likeness (QED) is 0.0619. The molecule has 11 rings (SSSR count). The smallest absolute Gasteiger partial charge is 0.293 e. The second-order valence-electron chi connectivity index (χ2n) is 19.5. The number of nitro groups is 1. The second kappa shape index (κ2) is 14.4. The Kier molecular flexibility index (Phi) is 9.55. The SMILES string of the molecule is CN(c1ccc(S(=O)(=O)NC(=O)c2ccc(N3CCN(CC4=C(C56CC(Cl)(C5)C6)CC(C)(C)CC4)CC3)cc2Oc2cnc3[nH]ccc3c2)cc1[N+](=O)[O-])C1CC2(COC2)C1. The molecule has 6 fully saturated rings. The number of nitrogens with zero attached hydrogens (tertiary/aromatic N) is 5. The monoisotopic (exact) mass is 869 g/mol. The Hall–Kier alpha value is -4.70. The molecule has 61 heavy (non-hydrogen) atoms. The fourth-order valence-corrected chi connectivity index (χ4v) is 12.7. The predicted molar refractivity (Wildman–Crippen MR) is 233 cm³/mol. The molecule has 4 saturated carbocycles. The lowest BCUT2D eigenvalue weighted by Gasteiger charge is -2.70. The molecular formula is C45H52ClN7O7S. The minimum Gasteiger partial charge on any atom is -0.455 e. The van der Waals surface area contributed by atoms with Crippen LogP contribution in [0.15, 0.2) is 77.0 Å². The van der Waals surface area contributed by atoms with Gasteiger partial charge in [-0.3, -0.25) is 19.8 Å². The second-order valence-corrected chi connectivity index (χ2v) is 22.0. The maximum absolute atomic E-state index is 14.0. The van der Waals surface area contributed by atoms with Gasteiger partial charge >= 0.3 is 0 Å². The van der Waals surface area contributed by atoms with E-state index in [1.165, 1.54) is 18.6 Å². The minimum atomic E-state index is -4.55. The van der Waals surface area contributed by atoms with Crippen LogP contribution < -0.4 is 19.3 Å². The standard InChI is InChI=1S/C45H52ClN7O7S/c1-42(2)10-8-30(36(21-42)44-24-45(46,25-44)26-44)23-51-12-14-52(15-13-51)31-4-6-35(39(17-31)60-33-16-29-9-11-47-40(29)48-22-33)41(54)49-61(57,58)34-5-7-37(38(18-34)53(55)56)50(3)32-19-43(20-32)27-59-28-43/h4-7,9,11,16-18,22,32H,8,10,12-15,19-21,23-28H2,1-3H3,(H,47,48)(H,49,54). The van der Waals surface area contributed by atoms with E-state index in [1.807, 2.05) is 17.0 Å². The van der Waals surface area contributed by atoms with E-state index in [0.29, 0.717) is 41.1 Å². The number of nitrogens with one attached hydrogen (secondary N) is 2. The van der Waals surface area contributed by atoms with Crippen LogP contribution in [0.4, 0.5) is 17.1 Å². The first kappa shape index (κ1) is 40.4. The molecule has 2 aromatic carbocycles. The fourth-order valence-electron chi connectivity index (χ4n) is 11.0. The van der Waals surface area contributed by atoms with Crippen LogP contribution in [0.5, 0.6) is 11.5 Å². The number of nitro benzene ring substituents is 1. The molecular weight excluding hydrogens is 818 g/mol. The number of carbonyl (C=O) groups is 1. The molecule has 2 bridgehead atoms. The summed E-state index contributed by atoms with van der Waals surface area (Å²) in [5, 5.41) is 13.1. The number of allylic oxidation sites excluding steroid dienone is 1. The Morgan fingerprint density at radius 3 is 2.52 bits per heavy atom. The third-order valence-corrected chi connectivity index (χ3v) is 16.2. The normalized spacial score (nSPS) is 25.6. The predicted octanol–water partition coefficient (Wildman–Crippen LogP) is 7.79. The van der Waals surface area contributed by atoms with Gasteiger partial charge < -0.3 is 24.3 Å². The lowest BCUT2D eigenvalue weighted by atomic mass is 9.39. The van der Waals surface area contributed by atoms with Gasteiger partial charge in [-0.05, 0) is 98.6 Å². The summed E-state index contributed by atoms with van der Waals surface area (Å²) in [5.74, 6) is -0.415. The van der Waals surface area contributed by atoms with Gasteiger partial charge in [0.15, 0.2) is 0 Å². The first-order chi connectivity index (χ1) is 29.0.